The highest BCUT2D eigenvalue weighted by atomic mass is 35.5. The minimum atomic E-state index is -1.07. The number of nitrogens with one attached hydrogen (secondary N) is 1. The van der Waals surface area contributed by atoms with Crippen LogP contribution in [0.4, 0.5) is 0 Å². The number of rotatable bonds is 3. The summed E-state index contributed by atoms with van der Waals surface area (Å²) in [7, 11) is 0. The van der Waals surface area contributed by atoms with Gasteiger partial charge in [-0.3, -0.25) is 9.59 Å². The predicted octanol–water partition coefficient (Wildman–Crippen LogP) is 1.81. The summed E-state index contributed by atoms with van der Waals surface area (Å²) in [5, 5.41) is 11.6. The van der Waals surface area contributed by atoms with Gasteiger partial charge in [0.05, 0.1) is 5.57 Å². The van der Waals surface area contributed by atoms with Crippen LogP contribution in [0.15, 0.2) is 22.3 Å². The summed E-state index contributed by atoms with van der Waals surface area (Å²) >= 11 is 5.97. The lowest BCUT2D eigenvalue weighted by Gasteiger charge is -2.17. The van der Waals surface area contributed by atoms with Crippen molar-refractivity contribution in [3.05, 3.63) is 22.3 Å². The van der Waals surface area contributed by atoms with Crippen molar-refractivity contribution in [2.75, 3.05) is 0 Å². The van der Waals surface area contributed by atoms with E-state index in [1.54, 1.807) is 6.92 Å². The van der Waals surface area contributed by atoms with Crippen LogP contribution in [0.1, 0.15) is 26.7 Å². The lowest BCUT2D eigenvalue weighted by atomic mass is 9.98. The van der Waals surface area contributed by atoms with Crippen molar-refractivity contribution in [1.29, 1.82) is 0 Å². The molecule has 0 heterocycles. The first kappa shape index (κ1) is 12.8. The van der Waals surface area contributed by atoms with Gasteiger partial charge < -0.3 is 10.4 Å². The molecule has 1 unspecified atom stereocenters. The summed E-state index contributed by atoms with van der Waals surface area (Å²) in [5.41, 5.74) is 1.20. The van der Waals surface area contributed by atoms with Gasteiger partial charge in [-0.1, -0.05) is 17.7 Å². The number of carboxylic acids is 1. The van der Waals surface area contributed by atoms with Crippen molar-refractivity contribution in [3.8, 4) is 0 Å². The van der Waals surface area contributed by atoms with Crippen molar-refractivity contribution in [1.82, 2.24) is 5.32 Å². The Hall–Kier alpha value is -1.29. The van der Waals surface area contributed by atoms with E-state index < -0.39 is 17.9 Å². The Balaban J connectivity index is 2.81. The molecule has 0 aromatic heterocycles. The van der Waals surface area contributed by atoms with Crippen LogP contribution in [0.25, 0.3) is 0 Å². The number of amides is 1. The molecule has 0 bridgehead atoms. The quantitative estimate of drug-likeness (QED) is 0.795. The largest absolute Gasteiger partial charge is 0.480 e. The Morgan fingerprint density at radius 3 is 2.69 bits per heavy atom. The highest BCUT2D eigenvalue weighted by molar-refractivity contribution is 6.32. The lowest BCUT2D eigenvalue weighted by Crippen LogP contribution is -2.39. The second-order valence-electron chi connectivity index (χ2n) is 3.74. The van der Waals surface area contributed by atoms with Crippen LogP contribution in [0.3, 0.4) is 0 Å². The van der Waals surface area contributed by atoms with Crippen LogP contribution >= 0.6 is 11.6 Å². The van der Waals surface area contributed by atoms with E-state index in [4.69, 9.17) is 16.7 Å². The molecule has 1 atom stereocenters. The third-order valence-corrected chi connectivity index (χ3v) is 2.80. The Kier molecular flexibility index (Phi) is 4.12. The number of allylic oxidation sites excluding steroid dienone is 2. The zero-order valence-corrected chi connectivity index (χ0v) is 9.97. The number of carbonyl (C=O) groups is 2. The van der Waals surface area contributed by atoms with Crippen molar-refractivity contribution in [2.45, 2.75) is 32.7 Å². The Morgan fingerprint density at radius 2 is 2.19 bits per heavy atom. The molecule has 5 heteroatoms. The van der Waals surface area contributed by atoms with E-state index in [-0.39, 0.29) is 0 Å². The third-order valence-electron chi connectivity index (χ3n) is 2.43. The average Bonchev–Trinajstić information content (AvgIpc) is 2.16. The summed E-state index contributed by atoms with van der Waals surface area (Å²) in [5.74, 6) is -1.49. The molecule has 1 aliphatic rings. The SMILES string of the molecule is CC1=CCCC(Cl)=C1C(=O)NC(C)C(=O)O. The molecule has 1 aliphatic carbocycles. The van der Waals surface area contributed by atoms with E-state index >= 15 is 0 Å². The number of hydrogen-bond acceptors (Lipinski definition) is 2. The molecule has 4 nitrogen and oxygen atoms in total. The number of hydrogen-bond donors (Lipinski definition) is 2. The van der Waals surface area contributed by atoms with Gasteiger partial charge in [0.2, 0.25) is 0 Å². The molecule has 0 radical (unpaired) electrons. The maximum atomic E-state index is 11.8. The van der Waals surface area contributed by atoms with Crippen molar-refractivity contribution in [3.63, 3.8) is 0 Å². The topological polar surface area (TPSA) is 66.4 Å². The maximum Gasteiger partial charge on any atom is 0.325 e. The molecule has 0 spiro atoms. The van der Waals surface area contributed by atoms with Crippen LogP contribution in [0.2, 0.25) is 0 Å². The Labute approximate surface area is 99.0 Å². The van der Waals surface area contributed by atoms with E-state index in [1.807, 2.05) is 6.08 Å². The molecule has 0 aliphatic heterocycles. The molecule has 88 valence electrons. The minimum Gasteiger partial charge on any atom is -0.480 e. The summed E-state index contributed by atoms with van der Waals surface area (Å²) < 4.78 is 0. The first-order valence-corrected chi connectivity index (χ1v) is 5.40. The molecule has 0 aromatic carbocycles. The average molecular weight is 244 g/mol. The molecule has 16 heavy (non-hydrogen) atoms. The highest BCUT2D eigenvalue weighted by Crippen LogP contribution is 2.27. The Bertz CT molecular complexity index is 385. The fourth-order valence-electron chi connectivity index (χ4n) is 1.49. The van der Waals surface area contributed by atoms with Gasteiger partial charge in [0, 0.05) is 5.03 Å². The van der Waals surface area contributed by atoms with Gasteiger partial charge in [-0.15, -0.1) is 0 Å². The summed E-state index contributed by atoms with van der Waals surface area (Å²) in [4.78, 5) is 22.4. The molecule has 1 rings (SSSR count). The van der Waals surface area contributed by atoms with Crippen LogP contribution in [0.5, 0.6) is 0 Å². The molecule has 2 N–H and O–H groups in total. The second kappa shape index (κ2) is 5.16. The fourth-order valence-corrected chi connectivity index (χ4v) is 1.83. The highest BCUT2D eigenvalue weighted by Gasteiger charge is 2.22. The Morgan fingerprint density at radius 1 is 1.56 bits per heavy atom. The van der Waals surface area contributed by atoms with Gasteiger partial charge in [-0.2, -0.15) is 0 Å². The molecule has 0 saturated heterocycles. The van der Waals surface area contributed by atoms with E-state index in [0.717, 1.165) is 12.0 Å². The first-order valence-electron chi connectivity index (χ1n) is 5.03. The summed E-state index contributed by atoms with van der Waals surface area (Å²) in [6, 6.07) is -0.917. The number of carbonyl (C=O) groups excluding carboxylic acids is 1. The van der Waals surface area contributed by atoms with Crippen molar-refractivity contribution < 1.29 is 14.7 Å². The fraction of sp³-hybridized carbons (Fsp3) is 0.455. The number of carboxylic acid groups (broad SMARTS) is 1. The van der Waals surface area contributed by atoms with E-state index in [1.165, 1.54) is 6.92 Å². The first-order chi connectivity index (χ1) is 7.43. The molecule has 0 aromatic rings. The van der Waals surface area contributed by atoms with E-state index in [9.17, 15) is 9.59 Å². The third kappa shape index (κ3) is 2.85. The minimum absolute atomic E-state index is 0.404. The van der Waals surface area contributed by atoms with Crippen LogP contribution < -0.4 is 5.32 Å². The zero-order valence-electron chi connectivity index (χ0n) is 9.21. The molecule has 0 saturated carbocycles. The van der Waals surface area contributed by atoms with Crippen molar-refractivity contribution in [2.24, 2.45) is 0 Å². The summed E-state index contributed by atoms with van der Waals surface area (Å²) in [6.07, 6.45) is 3.37. The van der Waals surface area contributed by atoms with Gasteiger partial charge in [-0.05, 0) is 32.3 Å². The van der Waals surface area contributed by atoms with Gasteiger partial charge in [0.1, 0.15) is 6.04 Å². The normalized spacial score (nSPS) is 17.8. The van der Waals surface area contributed by atoms with Crippen LogP contribution in [-0.4, -0.2) is 23.0 Å². The second-order valence-corrected chi connectivity index (χ2v) is 4.20. The van der Waals surface area contributed by atoms with E-state index in [2.05, 4.69) is 5.32 Å². The standard InChI is InChI=1S/C11H14ClNO3/c1-6-4-3-5-8(12)9(6)10(14)13-7(2)11(15)16/h4,7H,3,5H2,1-2H3,(H,13,14)(H,15,16). The van der Waals surface area contributed by atoms with Gasteiger partial charge >= 0.3 is 5.97 Å². The predicted molar refractivity (Wildman–Crippen MR) is 61.1 cm³/mol. The van der Waals surface area contributed by atoms with Gasteiger partial charge in [0.25, 0.3) is 5.91 Å². The van der Waals surface area contributed by atoms with Crippen molar-refractivity contribution >= 4 is 23.5 Å². The van der Waals surface area contributed by atoms with Gasteiger partial charge in [0.15, 0.2) is 0 Å². The van der Waals surface area contributed by atoms with Crippen LogP contribution in [-0.2, 0) is 9.59 Å². The number of halogens is 1. The molecular weight excluding hydrogens is 230 g/mol. The van der Waals surface area contributed by atoms with E-state index in [0.29, 0.717) is 17.0 Å². The molecular formula is C11H14ClNO3. The number of aliphatic carboxylic acids is 1. The van der Waals surface area contributed by atoms with Crippen LogP contribution in [0, 0.1) is 0 Å². The molecule has 0 fully saturated rings. The van der Waals surface area contributed by atoms with Gasteiger partial charge in [-0.25, -0.2) is 0 Å². The molecule has 1 amide bonds. The smallest absolute Gasteiger partial charge is 0.325 e. The summed E-state index contributed by atoms with van der Waals surface area (Å²) in [6.45, 7) is 3.21. The monoisotopic (exact) mass is 243 g/mol. The lowest BCUT2D eigenvalue weighted by molar-refractivity contribution is -0.140. The zero-order chi connectivity index (χ0) is 12.3. The maximum absolute atomic E-state index is 11.8.